The highest BCUT2D eigenvalue weighted by Gasteiger charge is 2.22. The first-order valence-electron chi connectivity index (χ1n) is 7.09. The highest BCUT2D eigenvalue weighted by molar-refractivity contribution is 5.31. The van der Waals surface area contributed by atoms with Crippen LogP contribution in [0.2, 0.25) is 0 Å². The third-order valence-electron chi connectivity index (χ3n) is 4.29. The van der Waals surface area contributed by atoms with Crippen molar-refractivity contribution in [2.45, 2.75) is 51.6 Å². The minimum atomic E-state index is 0.621. The molecule has 1 aliphatic rings. The van der Waals surface area contributed by atoms with Gasteiger partial charge in [0.2, 0.25) is 0 Å². The molecule has 3 heteroatoms. The fraction of sp³-hybridized carbons (Fsp3) is 0.667. The highest BCUT2D eigenvalue weighted by atomic mass is 15.1. The van der Waals surface area contributed by atoms with Crippen molar-refractivity contribution in [1.82, 2.24) is 9.88 Å². The molecule has 1 fully saturated rings. The number of nitrogens with two attached hydrogens (primary N) is 1. The van der Waals surface area contributed by atoms with Gasteiger partial charge in [0.15, 0.2) is 0 Å². The first kappa shape index (κ1) is 13.3. The van der Waals surface area contributed by atoms with E-state index in [4.69, 9.17) is 5.73 Å². The number of rotatable bonds is 4. The fourth-order valence-corrected chi connectivity index (χ4v) is 3.00. The minimum absolute atomic E-state index is 0.621. The predicted molar refractivity (Wildman–Crippen MR) is 76.2 cm³/mol. The molecule has 0 atom stereocenters. The number of nitrogen functional groups attached to an aromatic ring is 1. The molecule has 0 radical (unpaired) electrons. The first-order valence-corrected chi connectivity index (χ1v) is 7.09. The molecule has 1 aromatic heterocycles. The zero-order chi connectivity index (χ0) is 13.0. The summed E-state index contributed by atoms with van der Waals surface area (Å²) in [6, 6.07) is 4.78. The topological polar surface area (TPSA) is 42.2 Å². The van der Waals surface area contributed by atoms with Gasteiger partial charge < -0.3 is 5.73 Å². The van der Waals surface area contributed by atoms with Crippen molar-refractivity contribution in [1.29, 1.82) is 0 Å². The monoisotopic (exact) mass is 247 g/mol. The Morgan fingerprint density at radius 3 is 2.67 bits per heavy atom. The van der Waals surface area contributed by atoms with Crippen LogP contribution in [0.1, 0.15) is 44.6 Å². The molecule has 2 N–H and O–H groups in total. The van der Waals surface area contributed by atoms with Crippen LogP contribution in [0.3, 0.4) is 0 Å². The molecule has 2 rings (SSSR count). The van der Waals surface area contributed by atoms with Crippen molar-refractivity contribution in [3.63, 3.8) is 0 Å². The summed E-state index contributed by atoms with van der Waals surface area (Å²) >= 11 is 0. The lowest BCUT2D eigenvalue weighted by Gasteiger charge is -2.34. The van der Waals surface area contributed by atoms with E-state index in [1.165, 1.54) is 37.7 Å². The van der Waals surface area contributed by atoms with Crippen LogP contribution < -0.4 is 5.73 Å². The molecular weight excluding hydrogens is 222 g/mol. The molecule has 1 saturated carbocycles. The summed E-state index contributed by atoms with van der Waals surface area (Å²) in [6.07, 6.45) is 8.61. The van der Waals surface area contributed by atoms with Gasteiger partial charge in [-0.05, 0) is 56.3 Å². The van der Waals surface area contributed by atoms with Gasteiger partial charge in [-0.2, -0.15) is 0 Å². The molecule has 0 aromatic carbocycles. The Morgan fingerprint density at radius 2 is 2.06 bits per heavy atom. The van der Waals surface area contributed by atoms with Gasteiger partial charge in [-0.15, -0.1) is 0 Å². The molecule has 0 bridgehead atoms. The van der Waals surface area contributed by atoms with E-state index in [1.54, 1.807) is 6.20 Å². The molecule has 0 aliphatic heterocycles. The average Bonchev–Trinajstić information content (AvgIpc) is 2.39. The van der Waals surface area contributed by atoms with E-state index in [9.17, 15) is 0 Å². The first-order chi connectivity index (χ1) is 8.69. The third kappa shape index (κ3) is 3.45. The normalized spacial score (nSPS) is 24.4. The number of nitrogens with zero attached hydrogens (tertiary/aromatic N) is 2. The van der Waals surface area contributed by atoms with Crippen molar-refractivity contribution in [2.75, 3.05) is 12.8 Å². The van der Waals surface area contributed by atoms with Crippen LogP contribution in [0.25, 0.3) is 0 Å². The minimum Gasteiger partial charge on any atom is -0.384 e. The second-order valence-corrected chi connectivity index (χ2v) is 5.59. The van der Waals surface area contributed by atoms with E-state index in [0.717, 1.165) is 18.5 Å². The maximum Gasteiger partial charge on any atom is 0.123 e. The molecule has 3 nitrogen and oxygen atoms in total. The maximum atomic E-state index is 5.72. The molecule has 18 heavy (non-hydrogen) atoms. The van der Waals surface area contributed by atoms with E-state index in [0.29, 0.717) is 5.82 Å². The molecule has 1 heterocycles. The Balaban J connectivity index is 1.87. The van der Waals surface area contributed by atoms with Crippen LogP contribution in [0.4, 0.5) is 5.82 Å². The second-order valence-electron chi connectivity index (χ2n) is 5.59. The van der Waals surface area contributed by atoms with Crippen molar-refractivity contribution < 1.29 is 0 Å². The van der Waals surface area contributed by atoms with Crippen LogP contribution in [0.5, 0.6) is 0 Å². The van der Waals surface area contributed by atoms with E-state index in [2.05, 4.69) is 29.9 Å². The molecule has 0 unspecified atom stereocenters. The molecule has 1 aliphatic carbocycles. The SMILES string of the molecule is CCC1CCC(N(C)Cc2ccnc(N)c2)CC1. The van der Waals surface area contributed by atoms with Crippen LogP contribution in [-0.2, 0) is 6.54 Å². The van der Waals surface area contributed by atoms with Gasteiger partial charge in [-0.3, -0.25) is 4.90 Å². The van der Waals surface area contributed by atoms with E-state index in [-0.39, 0.29) is 0 Å². The predicted octanol–water partition coefficient (Wildman–Crippen LogP) is 3.06. The van der Waals surface area contributed by atoms with E-state index < -0.39 is 0 Å². The van der Waals surface area contributed by atoms with Gasteiger partial charge in [0.1, 0.15) is 5.82 Å². The van der Waals surface area contributed by atoms with Crippen molar-refractivity contribution in [3.8, 4) is 0 Å². The fourth-order valence-electron chi connectivity index (χ4n) is 3.00. The van der Waals surface area contributed by atoms with Crippen LogP contribution in [0, 0.1) is 5.92 Å². The summed E-state index contributed by atoms with van der Waals surface area (Å²) < 4.78 is 0. The van der Waals surface area contributed by atoms with Gasteiger partial charge >= 0.3 is 0 Å². The summed E-state index contributed by atoms with van der Waals surface area (Å²) in [4.78, 5) is 6.51. The summed E-state index contributed by atoms with van der Waals surface area (Å²) in [5.74, 6) is 1.59. The van der Waals surface area contributed by atoms with E-state index >= 15 is 0 Å². The Labute approximate surface area is 110 Å². The van der Waals surface area contributed by atoms with Crippen molar-refractivity contribution in [2.24, 2.45) is 5.92 Å². The molecule has 100 valence electrons. The lowest BCUT2D eigenvalue weighted by molar-refractivity contribution is 0.157. The largest absolute Gasteiger partial charge is 0.384 e. The molecule has 0 spiro atoms. The second kappa shape index (κ2) is 6.19. The summed E-state index contributed by atoms with van der Waals surface area (Å²) in [5, 5.41) is 0. The van der Waals surface area contributed by atoms with Crippen molar-refractivity contribution in [3.05, 3.63) is 23.9 Å². The number of pyridine rings is 1. The van der Waals surface area contributed by atoms with Crippen molar-refractivity contribution >= 4 is 5.82 Å². The van der Waals surface area contributed by atoms with Gasteiger partial charge in [0.05, 0.1) is 0 Å². The molecule has 1 aromatic rings. The number of aromatic nitrogens is 1. The smallest absolute Gasteiger partial charge is 0.123 e. The number of hydrogen-bond donors (Lipinski definition) is 1. The Hall–Kier alpha value is -1.09. The van der Waals surface area contributed by atoms with Crippen LogP contribution in [-0.4, -0.2) is 23.0 Å². The molecule has 0 saturated heterocycles. The lowest BCUT2D eigenvalue weighted by atomic mass is 9.84. The third-order valence-corrected chi connectivity index (χ3v) is 4.29. The Bertz CT molecular complexity index is 370. The summed E-state index contributed by atoms with van der Waals surface area (Å²) in [5.41, 5.74) is 6.99. The highest BCUT2D eigenvalue weighted by Crippen LogP contribution is 2.29. The Kier molecular flexibility index (Phi) is 4.59. The molecule has 0 amide bonds. The molecular formula is C15H25N3. The summed E-state index contributed by atoms with van der Waals surface area (Å²) in [6.45, 7) is 3.29. The Morgan fingerprint density at radius 1 is 1.33 bits per heavy atom. The quantitative estimate of drug-likeness (QED) is 0.889. The lowest BCUT2D eigenvalue weighted by Crippen LogP contribution is -2.34. The van der Waals surface area contributed by atoms with Crippen LogP contribution in [0.15, 0.2) is 18.3 Å². The van der Waals surface area contributed by atoms with Gasteiger partial charge in [-0.1, -0.05) is 13.3 Å². The van der Waals surface area contributed by atoms with Gasteiger partial charge in [-0.25, -0.2) is 4.98 Å². The standard InChI is InChI=1S/C15H25N3/c1-3-12-4-6-14(7-5-12)18(2)11-13-8-9-17-15(16)10-13/h8-10,12,14H,3-7,11H2,1-2H3,(H2,16,17). The maximum absolute atomic E-state index is 5.72. The average molecular weight is 247 g/mol. The van der Waals surface area contributed by atoms with E-state index in [1.807, 2.05) is 6.07 Å². The zero-order valence-electron chi connectivity index (χ0n) is 11.6. The zero-order valence-corrected chi connectivity index (χ0v) is 11.6. The van der Waals surface area contributed by atoms with Gasteiger partial charge in [0, 0.05) is 18.8 Å². The van der Waals surface area contributed by atoms with Crippen LogP contribution >= 0.6 is 0 Å². The number of anilines is 1. The number of hydrogen-bond acceptors (Lipinski definition) is 3. The van der Waals surface area contributed by atoms with Gasteiger partial charge in [0.25, 0.3) is 0 Å². The summed E-state index contributed by atoms with van der Waals surface area (Å²) in [7, 11) is 2.23.